The number of nitrogens with zero attached hydrogens (tertiary/aromatic N) is 4. The van der Waals surface area contributed by atoms with Gasteiger partial charge in [0, 0.05) is 38.4 Å². The number of alkyl halides is 1. The largest absolute Gasteiger partial charge is 0.352 e. The number of amides is 1. The summed E-state index contributed by atoms with van der Waals surface area (Å²) in [5.74, 6) is 1.63. The molecule has 0 aliphatic carbocycles. The lowest BCUT2D eigenvalue weighted by Crippen LogP contribution is -2.30. The topological polar surface area (TPSA) is 64.7 Å². The third-order valence-corrected chi connectivity index (χ3v) is 3.96. The number of rotatable bonds is 4. The number of aryl methyl sites for hydroxylation is 3. The fourth-order valence-corrected chi connectivity index (χ4v) is 3.05. The van der Waals surface area contributed by atoms with Crippen LogP contribution < -0.4 is 5.32 Å². The van der Waals surface area contributed by atoms with Gasteiger partial charge in [-0.05, 0) is 13.3 Å². The van der Waals surface area contributed by atoms with E-state index in [2.05, 4.69) is 20.0 Å². The summed E-state index contributed by atoms with van der Waals surface area (Å²) in [6.45, 7) is 2.69. The van der Waals surface area contributed by atoms with E-state index < -0.39 is 0 Å². The van der Waals surface area contributed by atoms with Crippen LogP contribution in [0.1, 0.15) is 24.4 Å². The van der Waals surface area contributed by atoms with Gasteiger partial charge in [-0.25, -0.2) is 4.98 Å². The minimum absolute atomic E-state index is 0.131. The van der Waals surface area contributed by atoms with Crippen molar-refractivity contribution in [3.8, 4) is 0 Å². The number of hydrogen-bond acceptors (Lipinski definition) is 3. The molecule has 1 aliphatic heterocycles. The molecule has 0 radical (unpaired) electrons. The Balaban J connectivity index is 2.01. The Hall–Kier alpha value is -1.56. The zero-order chi connectivity index (χ0) is 14.3. The lowest BCUT2D eigenvalue weighted by molar-refractivity contribution is -0.119. The summed E-state index contributed by atoms with van der Waals surface area (Å²) in [5.41, 5.74) is 2.85. The van der Waals surface area contributed by atoms with E-state index >= 15 is 0 Å². The van der Waals surface area contributed by atoms with Crippen molar-refractivity contribution in [1.82, 2.24) is 24.6 Å². The summed E-state index contributed by atoms with van der Waals surface area (Å²) < 4.78 is 4.00. The molecule has 0 bridgehead atoms. The zero-order valence-electron chi connectivity index (χ0n) is 11.7. The highest BCUT2D eigenvalue weighted by Gasteiger charge is 2.24. The molecule has 3 heterocycles. The van der Waals surface area contributed by atoms with Crippen molar-refractivity contribution in [2.75, 3.05) is 5.88 Å². The molecule has 1 aliphatic rings. The number of aromatic nitrogens is 4. The number of hydrogen-bond donors (Lipinski definition) is 1. The Morgan fingerprint density at radius 3 is 2.95 bits per heavy atom. The van der Waals surface area contributed by atoms with Crippen molar-refractivity contribution in [2.45, 2.75) is 38.8 Å². The van der Waals surface area contributed by atoms with Gasteiger partial charge in [0.05, 0.1) is 5.69 Å². The van der Waals surface area contributed by atoms with Crippen molar-refractivity contribution in [1.29, 1.82) is 0 Å². The Morgan fingerprint density at radius 2 is 2.30 bits per heavy atom. The van der Waals surface area contributed by atoms with E-state index in [0.29, 0.717) is 12.3 Å². The standard InChI is InChI=1S/C13H18ClN5O/c1-8-12-13(18(2)17-8)19(10(16-12)5-6-14)7-9-3-4-11(20)15-9/h9H,3-7H2,1-2H3,(H,15,20). The van der Waals surface area contributed by atoms with Crippen molar-refractivity contribution in [3.63, 3.8) is 0 Å². The molecule has 1 atom stereocenters. The number of imidazole rings is 1. The summed E-state index contributed by atoms with van der Waals surface area (Å²) in [6.07, 6.45) is 2.20. The molecular weight excluding hydrogens is 278 g/mol. The lowest BCUT2D eigenvalue weighted by atomic mass is 10.2. The molecule has 1 unspecified atom stereocenters. The fourth-order valence-electron chi connectivity index (χ4n) is 2.88. The zero-order valence-corrected chi connectivity index (χ0v) is 12.4. The molecule has 0 saturated carbocycles. The van der Waals surface area contributed by atoms with Gasteiger partial charge in [0.1, 0.15) is 11.3 Å². The second-order valence-electron chi connectivity index (χ2n) is 5.26. The van der Waals surface area contributed by atoms with Gasteiger partial charge in [-0.2, -0.15) is 5.10 Å². The highest BCUT2D eigenvalue weighted by atomic mass is 35.5. The van der Waals surface area contributed by atoms with Crippen molar-refractivity contribution in [2.24, 2.45) is 7.05 Å². The van der Waals surface area contributed by atoms with Crippen LogP contribution in [-0.2, 0) is 24.8 Å². The molecule has 1 saturated heterocycles. The first kappa shape index (κ1) is 13.4. The van der Waals surface area contributed by atoms with Crippen molar-refractivity contribution in [3.05, 3.63) is 11.5 Å². The molecule has 108 valence electrons. The van der Waals surface area contributed by atoms with Gasteiger partial charge >= 0.3 is 0 Å². The van der Waals surface area contributed by atoms with Crippen LogP contribution in [-0.4, -0.2) is 37.2 Å². The second-order valence-corrected chi connectivity index (χ2v) is 5.64. The van der Waals surface area contributed by atoms with E-state index in [4.69, 9.17) is 11.6 Å². The van der Waals surface area contributed by atoms with Gasteiger partial charge in [-0.3, -0.25) is 9.48 Å². The lowest BCUT2D eigenvalue weighted by Gasteiger charge is -2.14. The molecule has 20 heavy (non-hydrogen) atoms. The second kappa shape index (κ2) is 5.09. The summed E-state index contributed by atoms with van der Waals surface area (Å²) in [5, 5.41) is 7.42. The minimum atomic E-state index is 0.131. The molecule has 6 nitrogen and oxygen atoms in total. The molecule has 1 N–H and O–H groups in total. The van der Waals surface area contributed by atoms with Crippen LogP contribution in [0.4, 0.5) is 0 Å². The Labute approximate surface area is 122 Å². The third-order valence-electron chi connectivity index (χ3n) is 3.78. The normalized spacial score (nSPS) is 18.9. The molecule has 1 amide bonds. The van der Waals surface area contributed by atoms with Crippen LogP contribution in [0, 0.1) is 6.92 Å². The monoisotopic (exact) mass is 295 g/mol. The third kappa shape index (κ3) is 2.18. The average Bonchev–Trinajstić information content (AvgIpc) is 3.02. The number of halogens is 1. The highest BCUT2D eigenvalue weighted by Crippen LogP contribution is 2.21. The molecule has 0 spiro atoms. The molecule has 1 fully saturated rings. The molecule has 0 aromatic carbocycles. The first-order valence-corrected chi connectivity index (χ1v) is 7.37. The maximum Gasteiger partial charge on any atom is 0.220 e. The fraction of sp³-hybridized carbons (Fsp3) is 0.615. The number of nitrogens with one attached hydrogen (secondary N) is 1. The predicted octanol–water partition coefficient (Wildman–Crippen LogP) is 1.14. The van der Waals surface area contributed by atoms with Gasteiger partial charge in [0.25, 0.3) is 0 Å². The Morgan fingerprint density at radius 1 is 1.50 bits per heavy atom. The highest BCUT2D eigenvalue weighted by molar-refractivity contribution is 6.17. The molecular formula is C13H18ClN5O. The van der Waals surface area contributed by atoms with E-state index in [-0.39, 0.29) is 11.9 Å². The van der Waals surface area contributed by atoms with Crippen LogP contribution in [0.15, 0.2) is 0 Å². The van der Waals surface area contributed by atoms with E-state index in [1.165, 1.54) is 0 Å². The van der Waals surface area contributed by atoms with Crippen LogP contribution >= 0.6 is 11.6 Å². The first-order chi connectivity index (χ1) is 9.60. The van der Waals surface area contributed by atoms with Gasteiger partial charge < -0.3 is 9.88 Å². The Bertz CT molecular complexity index is 659. The Kier molecular flexibility index (Phi) is 3.41. The quantitative estimate of drug-likeness (QED) is 0.860. The SMILES string of the molecule is Cc1nn(C)c2c1nc(CCCl)n2CC1CCC(=O)N1. The number of carbonyl (C=O) groups is 1. The number of carbonyl (C=O) groups excluding carboxylic acids is 1. The van der Waals surface area contributed by atoms with E-state index in [9.17, 15) is 4.79 Å². The van der Waals surface area contributed by atoms with Crippen molar-refractivity contribution < 1.29 is 4.79 Å². The predicted molar refractivity (Wildman–Crippen MR) is 76.8 cm³/mol. The van der Waals surface area contributed by atoms with Gasteiger partial charge in [-0.15, -0.1) is 11.6 Å². The minimum Gasteiger partial charge on any atom is -0.352 e. The molecule has 2 aromatic heterocycles. The van der Waals surface area contributed by atoms with E-state index in [1.54, 1.807) is 0 Å². The number of fused-ring (bicyclic) bond motifs is 1. The van der Waals surface area contributed by atoms with Gasteiger partial charge in [-0.1, -0.05) is 0 Å². The van der Waals surface area contributed by atoms with Crippen LogP contribution in [0.25, 0.3) is 11.2 Å². The van der Waals surface area contributed by atoms with Crippen LogP contribution in [0.3, 0.4) is 0 Å². The molecule has 7 heteroatoms. The summed E-state index contributed by atoms with van der Waals surface area (Å²) >= 11 is 5.88. The van der Waals surface area contributed by atoms with Crippen LogP contribution in [0.2, 0.25) is 0 Å². The van der Waals surface area contributed by atoms with Crippen LogP contribution in [0.5, 0.6) is 0 Å². The molecule has 2 aromatic rings. The van der Waals surface area contributed by atoms with Gasteiger partial charge in [0.15, 0.2) is 5.65 Å². The summed E-state index contributed by atoms with van der Waals surface area (Å²) in [7, 11) is 1.92. The smallest absolute Gasteiger partial charge is 0.220 e. The van der Waals surface area contributed by atoms with E-state index in [0.717, 1.165) is 42.1 Å². The first-order valence-electron chi connectivity index (χ1n) is 6.84. The molecule has 3 rings (SSSR count). The maximum atomic E-state index is 11.4. The van der Waals surface area contributed by atoms with Crippen molar-refractivity contribution >= 4 is 28.7 Å². The van der Waals surface area contributed by atoms with Gasteiger partial charge in [0.2, 0.25) is 5.91 Å². The van der Waals surface area contributed by atoms with E-state index in [1.807, 2.05) is 18.7 Å². The summed E-state index contributed by atoms with van der Waals surface area (Å²) in [6, 6.07) is 0.171. The summed E-state index contributed by atoms with van der Waals surface area (Å²) in [4.78, 5) is 16.0. The average molecular weight is 296 g/mol. The maximum absolute atomic E-state index is 11.4.